The molecule has 120 valence electrons. The largest absolute Gasteiger partial charge is 0.494 e. The first-order valence-corrected chi connectivity index (χ1v) is 8.10. The second-order valence-electron chi connectivity index (χ2n) is 5.35. The van der Waals surface area contributed by atoms with E-state index in [2.05, 4.69) is 24.9 Å². The Labute approximate surface area is 137 Å². The van der Waals surface area contributed by atoms with Crippen LogP contribution in [-0.4, -0.2) is 11.6 Å². The van der Waals surface area contributed by atoms with Gasteiger partial charge in [-0.3, -0.25) is 0 Å². The standard InChI is InChI=1S/C19H23N3O/c1-4-7-17-15(5-2)18(16(12-20)19(21)22-17)13-8-10-14(11-9-13)23-6-3/h8-11H,4-7H2,1-3H3,(H2,21,22). The fourth-order valence-electron chi connectivity index (χ4n) is 2.83. The Bertz CT molecular complexity index is 715. The first-order valence-electron chi connectivity index (χ1n) is 8.10. The maximum absolute atomic E-state index is 9.55. The molecule has 0 saturated heterocycles. The number of ether oxygens (including phenoxy) is 1. The van der Waals surface area contributed by atoms with Crippen LogP contribution >= 0.6 is 0 Å². The number of pyridine rings is 1. The number of nitrogens with two attached hydrogens (primary N) is 1. The summed E-state index contributed by atoms with van der Waals surface area (Å²) in [7, 11) is 0. The average Bonchev–Trinajstić information content (AvgIpc) is 2.56. The van der Waals surface area contributed by atoms with Gasteiger partial charge in [0.1, 0.15) is 23.2 Å². The molecule has 0 unspecified atom stereocenters. The zero-order chi connectivity index (χ0) is 16.8. The number of hydrogen-bond donors (Lipinski definition) is 1. The molecule has 4 nitrogen and oxygen atoms in total. The smallest absolute Gasteiger partial charge is 0.142 e. The summed E-state index contributed by atoms with van der Waals surface area (Å²) in [5.41, 5.74) is 10.5. The number of benzene rings is 1. The second-order valence-corrected chi connectivity index (χ2v) is 5.35. The third-order valence-corrected chi connectivity index (χ3v) is 3.82. The van der Waals surface area contributed by atoms with Gasteiger partial charge in [0.05, 0.1) is 6.61 Å². The molecule has 1 heterocycles. The Morgan fingerprint density at radius 1 is 1.17 bits per heavy atom. The lowest BCUT2D eigenvalue weighted by atomic mass is 9.91. The lowest BCUT2D eigenvalue weighted by Gasteiger charge is -2.16. The van der Waals surface area contributed by atoms with Crippen molar-refractivity contribution in [3.8, 4) is 22.9 Å². The van der Waals surface area contributed by atoms with Crippen molar-refractivity contribution in [2.45, 2.75) is 40.0 Å². The zero-order valence-electron chi connectivity index (χ0n) is 14.0. The number of anilines is 1. The van der Waals surface area contributed by atoms with E-state index >= 15 is 0 Å². The van der Waals surface area contributed by atoms with Crippen LogP contribution in [0.25, 0.3) is 11.1 Å². The maximum atomic E-state index is 9.55. The molecule has 0 aliphatic rings. The molecule has 0 aliphatic heterocycles. The monoisotopic (exact) mass is 309 g/mol. The highest BCUT2D eigenvalue weighted by atomic mass is 16.5. The summed E-state index contributed by atoms with van der Waals surface area (Å²) < 4.78 is 5.49. The Morgan fingerprint density at radius 3 is 2.39 bits per heavy atom. The fourth-order valence-corrected chi connectivity index (χ4v) is 2.83. The summed E-state index contributed by atoms with van der Waals surface area (Å²) >= 11 is 0. The lowest BCUT2D eigenvalue weighted by Crippen LogP contribution is -2.07. The molecule has 0 atom stereocenters. The quantitative estimate of drug-likeness (QED) is 0.871. The van der Waals surface area contributed by atoms with Gasteiger partial charge in [0.25, 0.3) is 0 Å². The molecule has 0 aliphatic carbocycles. The minimum absolute atomic E-state index is 0.317. The highest BCUT2D eigenvalue weighted by Gasteiger charge is 2.18. The molecule has 0 radical (unpaired) electrons. The molecule has 2 N–H and O–H groups in total. The number of rotatable bonds is 6. The molecule has 1 aromatic heterocycles. The first kappa shape index (κ1) is 16.8. The predicted octanol–water partition coefficient (Wildman–Crippen LogP) is 4.12. The van der Waals surface area contributed by atoms with Crippen molar-refractivity contribution in [1.29, 1.82) is 5.26 Å². The van der Waals surface area contributed by atoms with Crippen LogP contribution in [0.5, 0.6) is 5.75 Å². The van der Waals surface area contributed by atoms with E-state index in [0.29, 0.717) is 18.0 Å². The summed E-state index contributed by atoms with van der Waals surface area (Å²) in [6.07, 6.45) is 2.68. The number of nitrogens with zero attached hydrogens (tertiary/aromatic N) is 2. The number of nitrogen functional groups attached to an aromatic ring is 1. The van der Waals surface area contributed by atoms with Gasteiger partial charge in [-0.2, -0.15) is 5.26 Å². The highest BCUT2D eigenvalue weighted by Crippen LogP contribution is 2.34. The molecule has 2 rings (SSSR count). The number of hydrogen-bond acceptors (Lipinski definition) is 4. The Kier molecular flexibility index (Phi) is 5.59. The van der Waals surface area contributed by atoms with Gasteiger partial charge in [-0.1, -0.05) is 32.4 Å². The molecule has 4 heteroatoms. The normalized spacial score (nSPS) is 10.3. The van der Waals surface area contributed by atoms with Crippen molar-refractivity contribution >= 4 is 5.82 Å². The van der Waals surface area contributed by atoms with Crippen molar-refractivity contribution in [3.63, 3.8) is 0 Å². The fraction of sp³-hybridized carbons (Fsp3) is 0.368. The minimum atomic E-state index is 0.317. The first-order chi connectivity index (χ1) is 11.2. The Hall–Kier alpha value is -2.54. The van der Waals surface area contributed by atoms with Gasteiger partial charge in [-0.25, -0.2) is 4.98 Å². The molecule has 0 spiro atoms. The Balaban J connectivity index is 2.65. The Morgan fingerprint density at radius 2 is 1.87 bits per heavy atom. The minimum Gasteiger partial charge on any atom is -0.494 e. The van der Waals surface area contributed by atoms with Crippen molar-refractivity contribution in [2.24, 2.45) is 0 Å². The summed E-state index contributed by atoms with van der Waals surface area (Å²) in [5, 5.41) is 9.55. The van der Waals surface area contributed by atoms with Crippen LogP contribution in [0.2, 0.25) is 0 Å². The molecule has 1 aromatic carbocycles. The topological polar surface area (TPSA) is 71.9 Å². The van der Waals surface area contributed by atoms with Crippen LogP contribution in [0.4, 0.5) is 5.82 Å². The molecular weight excluding hydrogens is 286 g/mol. The SMILES string of the molecule is CCCc1nc(N)c(C#N)c(-c2ccc(OCC)cc2)c1CC. The van der Waals surface area contributed by atoms with Gasteiger partial charge in [0.15, 0.2) is 0 Å². The summed E-state index contributed by atoms with van der Waals surface area (Å²) in [5.74, 6) is 1.14. The van der Waals surface area contributed by atoms with E-state index in [1.807, 2.05) is 31.2 Å². The van der Waals surface area contributed by atoms with E-state index in [-0.39, 0.29) is 0 Å². The molecular formula is C19H23N3O. The van der Waals surface area contributed by atoms with Gasteiger partial charge >= 0.3 is 0 Å². The summed E-state index contributed by atoms with van der Waals surface area (Å²) in [6, 6.07) is 10.0. The van der Waals surface area contributed by atoms with Crippen LogP contribution in [0, 0.1) is 11.3 Å². The van der Waals surface area contributed by atoms with Crippen LogP contribution in [0.3, 0.4) is 0 Å². The van der Waals surface area contributed by atoms with E-state index in [1.165, 1.54) is 0 Å². The van der Waals surface area contributed by atoms with Crippen LogP contribution in [0.15, 0.2) is 24.3 Å². The third-order valence-electron chi connectivity index (χ3n) is 3.82. The van der Waals surface area contributed by atoms with Crippen LogP contribution < -0.4 is 10.5 Å². The third kappa shape index (κ3) is 3.45. The van der Waals surface area contributed by atoms with Gasteiger partial charge < -0.3 is 10.5 Å². The summed E-state index contributed by atoms with van der Waals surface area (Å²) in [4.78, 5) is 4.47. The molecule has 0 saturated carbocycles. The summed E-state index contributed by atoms with van der Waals surface area (Å²) in [6.45, 7) is 6.79. The van der Waals surface area contributed by atoms with E-state index < -0.39 is 0 Å². The van der Waals surface area contributed by atoms with Crippen LogP contribution in [-0.2, 0) is 12.8 Å². The highest BCUT2D eigenvalue weighted by molar-refractivity contribution is 5.79. The number of aryl methyl sites for hydroxylation is 1. The predicted molar refractivity (Wildman–Crippen MR) is 93.3 cm³/mol. The number of aromatic nitrogens is 1. The molecule has 0 amide bonds. The molecule has 0 bridgehead atoms. The van der Waals surface area contributed by atoms with E-state index in [0.717, 1.165) is 47.4 Å². The average molecular weight is 309 g/mol. The van der Waals surface area contributed by atoms with E-state index in [9.17, 15) is 5.26 Å². The van der Waals surface area contributed by atoms with Crippen LogP contribution in [0.1, 0.15) is 44.0 Å². The van der Waals surface area contributed by atoms with Crippen molar-refractivity contribution in [2.75, 3.05) is 12.3 Å². The van der Waals surface area contributed by atoms with Crippen molar-refractivity contribution in [1.82, 2.24) is 4.98 Å². The lowest BCUT2D eigenvalue weighted by molar-refractivity contribution is 0.340. The maximum Gasteiger partial charge on any atom is 0.142 e. The second kappa shape index (κ2) is 7.64. The molecule has 0 fully saturated rings. The molecule has 23 heavy (non-hydrogen) atoms. The van der Waals surface area contributed by atoms with Gasteiger partial charge in [-0.15, -0.1) is 0 Å². The zero-order valence-corrected chi connectivity index (χ0v) is 14.0. The van der Waals surface area contributed by atoms with Crippen molar-refractivity contribution in [3.05, 3.63) is 41.1 Å². The van der Waals surface area contributed by atoms with Gasteiger partial charge in [-0.05, 0) is 43.0 Å². The van der Waals surface area contributed by atoms with E-state index in [4.69, 9.17) is 10.5 Å². The van der Waals surface area contributed by atoms with Crippen molar-refractivity contribution < 1.29 is 4.74 Å². The van der Waals surface area contributed by atoms with Gasteiger partial charge in [0.2, 0.25) is 0 Å². The molecule has 2 aromatic rings. The van der Waals surface area contributed by atoms with E-state index in [1.54, 1.807) is 0 Å². The number of nitriles is 1. The van der Waals surface area contributed by atoms with Gasteiger partial charge in [0, 0.05) is 11.3 Å².